The molecule has 2 aromatic rings. The molecule has 1 amide bonds. The van der Waals surface area contributed by atoms with E-state index in [9.17, 15) is 14.4 Å². The molecule has 1 saturated heterocycles. The number of hydrogen-bond donors (Lipinski definition) is 1. The molecule has 0 aliphatic carbocycles. The van der Waals surface area contributed by atoms with E-state index in [1.807, 2.05) is 12.1 Å². The number of esters is 1. The molecule has 2 atom stereocenters. The monoisotopic (exact) mass is 444 g/mol. The van der Waals surface area contributed by atoms with Gasteiger partial charge in [-0.3, -0.25) is 14.5 Å². The predicted molar refractivity (Wildman–Crippen MR) is 118 cm³/mol. The topological polar surface area (TPSA) is 84.9 Å². The van der Waals surface area contributed by atoms with Crippen molar-refractivity contribution in [3.05, 3.63) is 57.3 Å². The lowest BCUT2D eigenvalue weighted by atomic mass is 10.1. The summed E-state index contributed by atoms with van der Waals surface area (Å²) in [7, 11) is 0. The number of thiophene rings is 1. The van der Waals surface area contributed by atoms with E-state index in [0.717, 1.165) is 30.1 Å². The molecule has 1 aliphatic rings. The summed E-state index contributed by atoms with van der Waals surface area (Å²) in [5, 5.41) is 2.69. The highest BCUT2D eigenvalue weighted by Crippen LogP contribution is 2.18. The van der Waals surface area contributed by atoms with Gasteiger partial charge in [0.25, 0.3) is 0 Å². The Labute approximate surface area is 186 Å². The van der Waals surface area contributed by atoms with E-state index in [2.05, 4.69) is 24.1 Å². The Balaban J connectivity index is 1.48. The van der Waals surface area contributed by atoms with E-state index in [4.69, 9.17) is 9.47 Å². The van der Waals surface area contributed by atoms with Gasteiger partial charge in [-0.05, 0) is 43.7 Å². The third kappa shape index (κ3) is 6.99. The molecule has 2 heterocycles. The summed E-state index contributed by atoms with van der Waals surface area (Å²) in [6, 6.07) is 10.7. The average Bonchev–Trinajstić information content (AvgIpc) is 3.19. The molecule has 31 heavy (non-hydrogen) atoms. The molecule has 0 saturated carbocycles. The normalized spacial score (nSPS) is 19.1. The van der Waals surface area contributed by atoms with Crippen molar-refractivity contribution in [1.82, 2.24) is 10.2 Å². The number of nitrogens with zero attached hydrogens (tertiary/aromatic N) is 1. The summed E-state index contributed by atoms with van der Waals surface area (Å²) in [5.74, 6) is -0.918. The van der Waals surface area contributed by atoms with Gasteiger partial charge in [-0.25, -0.2) is 4.79 Å². The van der Waals surface area contributed by atoms with Crippen LogP contribution in [0.4, 0.5) is 0 Å². The number of carbonyl (C=O) groups is 3. The molecule has 8 heteroatoms. The van der Waals surface area contributed by atoms with Crippen LogP contribution in [0.3, 0.4) is 0 Å². The van der Waals surface area contributed by atoms with Gasteiger partial charge in [0.15, 0.2) is 6.61 Å². The largest absolute Gasteiger partial charge is 0.454 e. The van der Waals surface area contributed by atoms with Crippen LogP contribution >= 0.6 is 11.3 Å². The minimum atomic E-state index is -0.524. The van der Waals surface area contributed by atoms with Crippen LogP contribution in [-0.2, 0) is 27.4 Å². The number of carbonyl (C=O) groups excluding carboxylic acids is 3. The molecule has 0 radical (unpaired) electrons. The smallest absolute Gasteiger partial charge is 0.338 e. The third-order valence-corrected chi connectivity index (χ3v) is 6.00. The summed E-state index contributed by atoms with van der Waals surface area (Å²) in [6.45, 7) is 8.20. The Morgan fingerprint density at radius 2 is 1.77 bits per heavy atom. The van der Waals surface area contributed by atoms with Crippen LogP contribution < -0.4 is 5.32 Å². The van der Waals surface area contributed by atoms with Crippen molar-refractivity contribution in [2.45, 2.75) is 46.1 Å². The second-order valence-corrected chi connectivity index (χ2v) is 8.99. The molecule has 2 unspecified atom stereocenters. The van der Waals surface area contributed by atoms with Crippen LogP contribution in [-0.4, -0.2) is 54.5 Å². The molecule has 166 valence electrons. The lowest BCUT2D eigenvalue weighted by Gasteiger charge is -2.35. The van der Waals surface area contributed by atoms with E-state index >= 15 is 0 Å². The summed E-state index contributed by atoms with van der Waals surface area (Å²) in [6.07, 6.45) is 0.417. The van der Waals surface area contributed by atoms with Crippen LogP contribution in [0, 0.1) is 0 Å². The number of benzene rings is 1. The first-order valence-electron chi connectivity index (χ1n) is 10.3. The van der Waals surface area contributed by atoms with Crippen molar-refractivity contribution in [2.75, 3.05) is 19.7 Å². The van der Waals surface area contributed by atoms with Gasteiger partial charge >= 0.3 is 5.97 Å². The fourth-order valence-corrected chi connectivity index (χ4v) is 4.41. The van der Waals surface area contributed by atoms with Crippen molar-refractivity contribution in [2.24, 2.45) is 0 Å². The molecule has 1 aliphatic heterocycles. The van der Waals surface area contributed by atoms with Gasteiger partial charge in [0.2, 0.25) is 11.7 Å². The summed E-state index contributed by atoms with van der Waals surface area (Å²) in [5.41, 5.74) is 1.53. The fourth-order valence-electron chi connectivity index (χ4n) is 3.54. The minimum Gasteiger partial charge on any atom is -0.454 e. The fraction of sp³-hybridized carbons (Fsp3) is 0.435. The maximum absolute atomic E-state index is 12.3. The van der Waals surface area contributed by atoms with Crippen LogP contribution in [0.5, 0.6) is 0 Å². The van der Waals surface area contributed by atoms with Crippen LogP contribution in [0.2, 0.25) is 0 Å². The summed E-state index contributed by atoms with van der Waals surface area (Å²) < 4.78 is 11.0. The molecule has 0 spiro atoms. The number of Topliss-reactive ketones (excluding diaryl/α,β-unsaturated/α-hetero) is 1. The van der Waals surface area contributed by atoms with E-state index in [1.54, 1.807) is 24.3 Å². The van der Waals surface area contributed by atoms with Gasteiger partial charge in [0.05, 0.1) is 29.2 Å². The van der Waals surface area contributed by atoms with Crippen molar-refractivity contribution in [3.8, 4) is 0 Å². The minimum absolute atomic E-state index is 0.129. The zero-order chi connectivity index (χ0) is 22.4. The highest BCUT2D eigenvalue weighted by Gasteiger charge is 2.22. The maximum atomic E-state index is 12.3. The molecule has 1 aromatic heterocycles. The first-order chi connectivity index (χ1) is 14.8. The van der Waals surface area contributed by atoms with Crippen molar-refractivity contribution in [3.63, 3.8) is 0 Å². The van der Waals surface area contributed by atoms with Crippen molar-refractivity contribution >= 4 is 29.0 Å². The molecular formula is C23H28N2O5S. The Morgan fingerprint density at radius 3 is 2.42 bits per heavy atom. The van der Waals surface area contributed by atoms with Crippen molar-refractivity contribution < 1.29 is 23.9 Å². The molecule has 0 bridgehead atoms. The third-order valence-electron chi connectivity index (χ3n) is 4.87. The maximum Gasteiger partial charge on any atom is 0.338 e. The zero-order valence-corrected chi connectivity index (χ0v) is 18.9. The van der Waals surface area contributed by atoms with Crippen LogP contribution in [0.25, 0.3) is 0 Å². The zero-order valence-electron chi connectivity index (χ0n) is 18.1. The predicted octanol–water partition coefficient (Wildman–Crippen LogP) is 3.03. The first kappa shape index (κ1) is 23.1. The molecule has 7 nitrogen and oxygen atoms in total. The lowest BCUT2D eigenvalue weighted by molar-refractivity contribution is -0.119. The van der Waals surface area contributed by atoms with Crippen LogP contribution in [0.1, 0.15) is 51.2 Å². The quantitative estimate of drug-likeness (QED) is 0.498. The second-order valence-electron chi connectivity index (χ2n) is 7.82. The number of rotatable bonds is 8. The van der Waals surface area contributed by atoms with E-state index in [1.165, 1.54) is 18.3 Å². The van der Waals surface area contributed by atoms with Gasteiger partial charge in [-0.1, -0.05) is 12.1 Å². The van der Waals surface area contributed by atoms with Gasteiger partial charge in [0.1, 0.15) is 0 Å². The highest BCUT2D eigenvalue weighted by molar-refractivity contribution is 7.14. The Kier molecular flexibility index (Phi) is 7.95. The number of hydrogen-bond acceptors (Lipinski definition) is 7. The molecule has 1 fully saturated rings. The number of ether oxygens (including phenoxy) is 2. The molecular weight excluding hydrogens is 416 g/mol. The van der Waals surface area contributed by atoms with E-state index < -0.39 is 5.97 Å². The van der Waals surface area contributed by atoms with Crippen molar-refractivity contribution in [1.29, 1.82) is 0 Å². The molecule has 1 N–H and O–H groups in total. The van der Waals surface area contributed by atoms with E-state index in [-0.39, 0.29) is 30.5 Å². The summed E-state index contributed by atoms with van der Waals surface area (Å²) in [4.78, 5) is 39.3. The molecule has 3 rings (SSSR count). The second kappa shape index (κ2) is 10.7. The number of morpholine rings is 1. The molecule has 1 aromatic carbocycles. The standard InChI is InChI=1S/C23H28N2O5S/c1-15-11-25(12-16(2)30-15)13-18-4-6-19(7-5-18)23(28)29-14-21(27)22-9-8-20(31-22)10-24-17(3)26/h4-9,15-16H,10-14H2,1-3H3,(H,24,26). The summed E-state index contributed by atoms with van der Waals surface area (Å²) >= 11 is 1.28. The van der Waals surface area contributed by atoms with Gasteiger partial charge in [-0.2, -0.15) is 0 Å². The van der Waals surface area contributed by atoms with Gasteiger partial charge in [0, 0.05) is 31.4 Å². The Bertz CT molecular complexity index is 914. The number of ketones is 1. The number of nitrogens with one attached hydrogen (secondary N) is 1. The Morgan fingerprint density at radius 1 is 1.10 bits per heavy atom. The van der Waals surface area contributed by atoms with Crippen LogP contribution in [0.15, 0.2) is 36.4 Å². The number of amides is 1. The SMILES string of the molecule is CC(=O)NCc1ccc(C(=O)COC(=O)c2ccc(CN3CC(C)OC(C)C3)cc2)s1. The lowest BCUT2D eigenvalue weighted by Crippen LogP contribution is -2.44. The van der Waals surface area contributed by atoms with Gasteiger partial charge < -0.3 is 14.8 Å². The Hall–Kier alpha value is -2.55. The first-order valence-corrected chi connectivity index (χ1v) is 11.1. The highest BCUT2D eigenvalue weighted by atomic mass is 32.1. The van der Waals surface area contributed by atoms with Gasteiger partial charge in [-0.15, -0.1) is 11.3 Å². The van der Waals surface area contributed by atoms with E-state index in [0.29, 0.717) is 17.0 Å². The average molecular weight is 445 g/mol.